The molecular weight excluding hydrogens is 757 g/mol. The third-order valence-electron chi connectivity index (χ3n) is 13.1. The van der Waals surface area contributed by atoms with Crippen molar-refractivity contribution >= 4 is 34.0 Å². The van der Waals surface area contributed by atoms with E-state index in [-0.39, 0.29) is 81.4 Å². The Morgan fingerprint density at radius 2 is 0.983 bits per heavy atom. The molecule has 60 heavy (non-hydrogen) atoms. The quantitative estimate of drug-likeness (QED) is 0.0554. The molecule has 10 heteroatoms. The molecule has 8 rings (SSSR count). The second-order valence-electron chi connectivity index (χ2n) is 17.7. The molecule has 0 unspecified atom stereocenters. The smallest absolute Gasteiger partial charge is 0.167 e. The Kier molecular flexibility index (Phi) is 11.1. The number of aromatic hydroxyl groups is 6. The fourth-order valence-corrected chi connectivity index (χ4v) is 10.2. The van der Waals surface area contributed by atoms with Crippen LogP contribution in [0.2, 0.25) is 0 Å². The molecule has 314 valence electrons. The summed E-state index contributed by atoms with van der Waals surface area (Å²) in [5, 5.41) is 73.4. The van der Waals surface area contributed by atoms with Crippen molar-refractivity contribution in [2.75, 3.05) is 0 Å². The van der Waals surface area contributed by atoms with Gasteiger partial charge in [0, 0.05) is 69.4 Å². The van der Waals surface area contributed by atoms with E-state index in [2.05, 4.69) is 0 Å². The monoisotopic (exact) mass is 812 g/mol. The SMILES string of the molecule is Cc1cc2c(C(C)C)c(O)c(O)c(C=N[C@H]3CCC[C@H]3Cc3ccco3)c2c(O)c1-c1c(C)cc2c(C(C)C)c(O)c(O)c(C=N[C@H]3CCC[C@H]3Cc3ccco3)c2c1O. The van der Waals surface area contributed by atoms with Crippen molar-refractivity contribution in [2.24, 2.45) is 21.8 Å². The van der Waals surface area contributed by atoms with E-state index in [0.717, 1.165) is 62.9 Å². The first kappa shape index (κ1) is 40.9. The average molecular weight is 813 g/mol. The fourth-order valence-electron chi connectivity index (χ4n) is 10.2. The van der Waals surface area contributed by atoms with Crippen molar-refractivity contribution in [3.05, 3.63) is 93.8 Å². The van der Waals surface area contributed by atoms with E-state index in [9.17, 15) is 30.6 Å². The lowest BCUT2D eigenvalue weighted by atomic mass is 9.83. The lowest BCUT2D eigenvalue weighted by Crippen LogP contribution is -2.14. The molecule has 0 amide bonds. The third-order valence-corrected chi connectivity index (χ3v) is 13.1. The number of fused-ring (bicyclic) bond motifs is 2. The predicted octanol–water partition coefficient (Wildman–Crippen LogP) is 11.6. The maximum absolute atomic E-state index is 12.6. The minimum absolute atomic E-state index is 0.0562. The van der Waals surface area contributed by atoms with Crippen LogP contribution < -0.4 is 0 Å². The Morgan fingerprint density at radius 1 is 0.583 bits per heavy atom. The van der Waals surface area contributed by atoms with Gasteiger partial charge in [-0.25, -0.2) is 0 Å². The standard InChI is InChI=1S/C50H56N2O8/c1-25(2)39-33-19-27(5)41(47(55)43(33)35(45(53)49(39)57)23-51-37-15-7-11-29(37)21-31-13-9-17-59-31)42-28(6)20-34-40(26(3)4)50(58)46(54)36(44(34)48(42)56)24-52-38-16-8-12-30(38)22-32-14-10-18-60-32/h9-10,13-14,17-20,23-26,29-30,37-38,53-58H,7-8,11-12,15-16,21-22H2,1-6H3/t29-,30-,37-,38-/m0/s1. The molecule has 2 aliphatic rings. The van der Waals surface area contributed by atoms with Crippen molar-refractivity contribution in [2.45, 2.75) is 117 Å². The summed E-state index contributed by atoms with van der Waals surface area (Å²) in [5.74, 6) is 0.156. The molecule has 6 N–H and O–H groups in total. The zero-order valence-corrected chi connectivity index (χ0v) is 35.3. The highest BCUT2D eigenvalue weighted by Gasteiger charge is 2.32. The molecule has 0 aliphatic heterocycles. The van der Waals surface area contributed by atoms with Crippen molar-refractivity contribution in [1.82, 2.24) is 0 Å². The first-order chi connectivity index (χ1) is 28.8. The Morgan fingerprint density at radius 3 is 1.33 bits per heavy atom. The van der Waals surface area contributed by atoms with Gasteiger partial charge < -0.3 is 39.5 Å². The van der Waals surface area contributed by atoms with Gasteiger partial charge in [0.15, 0.2) is 23.0 Å². The molecule has 0 spiro atoms. The van der Waals surface area contributed by atoms with Gasteiger partial charge in [0.05, 0.1) is 24.6 Å². The number of benzene rings is 4. The highest BCUT2D eigenvalue weighted by Crippen LogP contribution is 2.54. The zero-order chi connectivity index (χ0) is 42.6. The van der Waals surface area contributed by atoms with Crippen molar-refractivity contribution in [3.8, 4) is 45.6 Å². The number of aliphatic imine (C=N–C) groups is 2. The molecule has 2 heterocycles. The number of rotatable bonds is 11. The second-order valence-corrected chi connectivity index (χ2v) is 17.7. The van der Waals surface area contributed by atoms with Crippen LogP contribution in [0.4, 0.5) is 0 Å². The van der Waals surface area contributed by atoms with Crippen LogP contribution in [0.15, 0.2) is 67.7 Å². The Balaban J connectivity index is 1.32. The minimum Gasteiger partial charge on any atom is -0.507 e. The van der Waals surface area contributed by atoms with Crippen LogP contribution in [0.5, 0.6) is 34.5 Å². The highest BCUT2D eigenvalue weighted by molar-refractivity contribution is 6.15. The van der Waals surface area contributed by atoms with Gasteiger partial charge in [-0.15, -0.1) is 0 Å². The van der Waals surface area contributed by atoms with Crippen molar-refractivity contribution in [3.63, 3.8) is 0 Å². The summed E-state index contributed by atoms with van der Waals surface area (Å²) in [6.45, 7) is 11.4. The summed E-state index contributed by atoms with van der Waals surface area (Å²) in [5.41, 5.74) is 3.25. The molecule has 2 aliphatic carbocycles. The maximum atomic E-state index is 12.6. The maximum Gasteiger partial charge on any atom is 0.167 e. The number of hydrogen-bond acceptors (Lipinski definition) is 10. The molecule has 2 fully saturated rings. The molecule has 4 aromatic carbocycles. The Hall–Kier alpha value is -5.90. The van der Waals surface area contributed by atoms with Gasteiger partial charge in [0.25, 0.3) is 0 Å². The largest absolute Gasteiger partial charge is 0.507 e. The van der Waals surface area contributed by atoms with Crippen LogP contribution in [0, 0.1) is 25.7 Å². The summed E-state index contributed by atoms with van der Waals surface area (Å²) in [7, 11) is 0. The molecule has 0 bridgehead atoms. The van der Waals surface area contributed by atoms with E-state index in [1.54, 1.807) is 25.0 Å². The number of nitrogens with zero attached hydrogens (tertiary/aromatic N) is 2. The fraction of sp³-hybridized carbons (Fsp3) is 0.400. The van der Waals surface area contributed by atoms with Crippen molar-refractivity contribution < 1.29 is 39.5 Å². The van der Waals surface area contributed by atoms with E-state index in [0.29, 0.717) is 54.9 Å². The molecular formula is C50H56N2O8. The molecule has 0 saturated heterocycles. The summed E-state index contributed by atoms with van der Waals surface area (Å²) < 4.78 is 11.3. The van der Waals surface area contributed by atoms with Gasteiger partial charge in [-0.05, 0) is 109 Å². The van der Waals surface area contributed by atoms with Crippen LogP contribution in [0.1, 0.15) is 123 Å². The number of furan rings is 2. The van der Waals surface area contributed by atoms with Gasteiger partial charge in [0.2, 0.25) is 0 Å². The lowest BCUT2D eigenvalue weighted by molar-refractivity contribution is 0.398. The number of hydrogen-bond donors (Lipinski definition) is 6. The van der Waals surface area contributed by atoms with Gasteiger partial charge in [0.1, 0.15) is 23.0 Å². The first-order valence-electron chi connectivity index (χ1n) is 21.4. The van der Waals surface area contributed by atoms with Gasteiger partial charge >= 0.3 is 0 Å². The van der Waals surface area contributed by atoms with Crippen LogP contribution in [-0.2, 0) is 12.8 Å². The predicted molar refractivity (Wildman–Crippen MR) is 237 cm³/mol. The van der Waals surface area contributed by atoms with Crippen molar-refractivity contribution in [1.29, 1.82) is 0 Å². The van der Waals surface area contributed by atoms with Crippen LogP contribution in [-0.4, -0.2) is 55.2 Å². The zero-order valence-electron chi connectivity index (χ0n) is 35.3. The third kappa shape index (κ3) is 7.13. The topological polar surface area (TPSA) is 172 Å². The molecule has 0 radical (unpaired) electrons. The van der Waals surface area contributed by atoms with E-state index < -0.39 is 0 Å². The van der Waals surface area contributed by atoms with Gasteiger partial charge in [-0.1, -0.05) is 52.7 Å². The Bertz CT molecular complexity index is 2440. The minimum atomic E-state index is -0.377. The number of aryl methyl sites for hydroxylation is 2. The van der Waals surface area contributed by atoms with Gasteiger partial charge in [-0.3, -0.25) is 9.98 Å². The van der Waals surface area contributed by atoms with Crippen LogP contribution in [0.25, 0.3) is 32.7 Å². The summed E-state index contributed by atoms with van der Waals surface area (Å²) in [6, 6.07) is 11.3. The lowest BCUT2D eigenvalue weighted by Gasteiger charge is -2.24. The Labute approximate surface area is 350 Å². The number of phenols is 6. The number of phenolic OH excluding ortho intramolecular Hbond substituents is 6. The second kappa shape index (κ2) is 16.3. The molecule has 2 saturated carbocycles. The summed E-state index contributed by atoms with van der Waals surface area (Å²) >= 11 is 0. The highest BCUT2D eigenvalue weighted by atomic mass is 16.3. The molecule has 2 aromatic heterocycles. The average Bonchev–Trinajstić information content (AvgIpc) is 4.05. The van der Waals surface area contributed by atoms with Crippen LogP contribution >= 0.6 is 0 Å². The van der Waals surface area contributed by atoms with Crippen LogP contribution in [0.3, 0.4) is 0 Å². The summed E-state index contributed by atoms with van der Waals surface area (Å²) in [4.78, 5) is 9.98. The van der Waals surface area contributed by atoms with Gasteiger partial charge in [-0.2, -0.15) is 0 Å². The first-order valence-corrected chi connectivity index (χ1v) is 21.4. The van der Waals surface area contributed by atoms with E-state index in [1.165, 1.54) is 0 Å². The van der Waals surface area contributed by atoms with E-state index in [4.69, 9.17) is 18.8 Å². The molecule has 10 nitrogen and oxygen atoms in total. The van der Waals surface area contributed by atoms with E-state index in [1.807, 2.05) is 77.9 Å². The normalized spacial score (nSPS) is 19.8. The van der Waals surface area contributed by atoms with E-state index >= 15 is 0 Å². The molecule has 4 atom stereocenters. The molecule has 6 aromatic rings. The summed E-state index contributed by atoms with van der Waals surface area (Å²) in [6.07, 6.45) is 13.6.